The van der Waals surface area contributed by atoms with Gasteiger partial charge in [-0.3, -0.25) is 0 Å². The van der Waals surface area contributed by atoms with Crippen LogP contribution in [0.1, 0.15) is 32.1 Å². The van der Waals surface area contributed by atoms with Gasteiger partial charge in [0, 0.05) is 12.7 Å². The number of hydrogen-bond donors (Lipinski definition) is 0. The van der Waals surface area contributed by atoms with Gasteiger partial charge in [0.25, 0.3) is 0 Å². The lowest BCUT2D eigenvalue weighted by Crippen LogP contribution is -2.36. The molecule has 0 unspecified atom stereocenters. The number of aromatic nitrogens is 1. The van der Waals surface area contributed by atoms with Crippen molar-refractivity contribution in [2.75, 3.05) is 13.1 Å². The number of amides is 1. The summed E-state index contributed by atoms with van der Waals surface area (Å²) in [5, 5.41) is 0. The minimum absolute atomic E-state index is 0.0448. The first-order valence-corrected chi connectivity index (χ1v) is 7.73. The summed E-state index contributed by atoms with van der Waals surface area (Å²) < 4.78 is 11.6. The van der Waals surface area contributed by atoms with Gasteiger partial charge >= 0.3 is 6.09 Å². The fraction of sp³-hybridized carbons (Fsp3) is 0.692. The Morgan fingerprint density at radius 2 is 2.35 bits per heavy atom. The lowest BCUT2D eigenvalue weighted by atomic mass is 10.2. The molecule has 1 aromatic rings. The first-order chi connectivity index (χ1) is 9.33. The van der Waals surface area contributed by atoms with E-state index in [9.17, 15) is 4.79 Å². The van der Waals surface area contributed by atoms with Gasteiger partial charge in [0.1, 0.15) is 5.60 Å². The van der Waals surface area contributed by atoms with Crippen LogP contribution in [0.3, 0.4) is 0 Å². The topological polar surface area (TPSA) is 51.7 Å². The fourth-order valence-corrected chi connectivity index (χ4v) is 2.81. The summed E-state index contributed by atoms with van der Waals surface area (Å²) in [5.74, 6) is 0. The zero-order valence-electron chi connectivity index (χ0n) is 11.9. The number of hydrogen-bond acceptors (Lipinski definition) is 5. The predicted molar refractivity (Wildman–Crippen MR) is 78.1 cm³/mol. The maximum atomic E-state index is 11.9. The van der Waals surface area contributed by atoms with Crippen LogP contribution in [0.15, 0.2) is 6.20 Å². The third-order valence-corrected chi connectivity index (χ3v) is 3.87. The number of halogens is 1. The maximum Gasteiger partial charge on any atom is 0.410 e. The van der Waals surface area contributed by atoms with E-state index in [1.165, 1.54) is 11.3 Å². The van der Waals surface area contributed by atoms with Crippen molar-refractivity contribution >= 4 is 29.0 Å². The third kappa shape index (κ3) is 4.61. The van der Waals surface area contributed by atoms with E-state index in [0.717, 1.165) is 11.3 Å². The molecular weight excluding hydrogens is 300 g/mol. The van der Waals surface area contributed by atoms with E-state index in [0.29, 0.717) is 24.2 Å². The average Bonchev–Trinajstić information content (AvgIpc) is 2.93. The maximum absolute atomic E-state index is 11.9. The van der Waals surface area contributed by atoms with Gasteiger partial charge in [0.15, 0.2) is 4.47 Å². The highest BCUT2D eigenvalue weighted by atomic mass is 35.5. The Morgan fingerprint density at radius 3 is 2.95 bits per heavy atom. The van der Waals surface area contributed by atoms with Crippen LogP contribution >= 0.6 is 22.9 Å². The molecule has 0 bridgehead atoms. The van der Waals surface area contributed by atoms with Crippen molar-refractivity contribution in [2.45, 2.75) is 45.5 Å². The predicted octanol–water partition coefficient (Wildman–Crippen LogP) is 3.32. The Labute approximate surface area is 127 Å². The van der Waals surface area contributed by atoms with Crippen molar-refractivity contribution < 1.29 is 14.3 Å². The molecule has 1 fully saturated rings. The molecule has 7 heteroatoms. The van der Waals surface area contributed by atoms with Crippen LogP contribution in [0.2, 0.25) is 4.47 Å². The largest absolute Gasteiger partial charge is 0.444 e. The number of likely N-dealkylation sites (tertiary alicyclic amines) is 1. The molecular formula is C13H19ClN2O3S. The van der Waals surface area contributed by atoms with Crippen LogP contribution in [0.25, 0.3) is 0 Å². The van der Waals surface area contributed by atoms with E-state index in [-0.39, 0.29) is 12.2 Å². The number of carbonyl (C=O) groups is 1. The van der Waals surface area contributed by atoms with Crippen LogP contribution in [0.4, 0.5) is 4.79 Å². The second-order valence-corrected chi connectivity index (χ2v) is 7.42. The molecule has 1 aromatic heterocycles. The molecule has 2 heterocycles. The van der Waals surface area contributed by atoms with E-state index < -0.39 is 5.60 Å². The quantitative estimate of drug-likeness (QED) is 0.858. The Hall–Kier alpha value is -0.850. The second-order valence-electron chi connectivity index (χ2n) is 5.73. The van der Waals surface area contributed by atoms with Crippen molar-refractivity contribution in [3.05, 3.63) is 15.5 Å². The second kappa shape index (κ2) is 6.28. The van der Waals surface area contributed by atoms with E-state index in [4.69, 9.17) is 21.1 Å². The number of nitrogens with zero attached hydrogens (tertiary/aromatic N) is 2. The van der Waals surface area contributed by atoms with Gasteiger partial charge in [-0.2, -0.15) is 0 Å². The van der Waals surface area contributed by atoms with Gasteiger partial charge in [-0.15, -0.1) is 11.3 Å². The number of carbonyl (C=O) groups excluding carboxylic acids is 1. The Bertz CT molecular complexity index is 472. The lowest BCUT2D eigenvalue weighted by Gasteiger charge is -2.24. The molecule has 5 nitrogen and oxygen atoms in total. The van der Waals surface area contributed by atoms with Gasteiger partial charge in [-0.25, -0.2) is 9.78 Å². The molecule has 2 rings (SSSR count). The lowest BCUT2D eigenvalue weighted by molar-refractivity contribution is 0.0187. The zero-order chi connectivity index (χ0) is 14.8. The van der Waals surface area contributed by atoms with Crippen LogP contribution in [0, 0.1) is 0 Å². The molecule has 1 aliphatic rings. The molecule has 0 radical (unpaired) electrons. The molecule has 0 saturated carbocycles. The third-order valence-electron chi connectivity index (χ3n) is 2.78. The summed E-state index contributed by atoms with van der Waals surface area (Å²) in [6, 6.07) is 0. The van der Waals surface area contributed by atoms with E-state index in [2.05, 4.69) is 4.98 Å². The summed E-state index contributed by atoms with van der Waals surface area (Å²) in [7, 11) is 0. The molecule has 1 amide bonds. The van der Waals surface area contributed by atoms with Crippen molar-refractivity contribution in [3.63, 3.8) is 0 Å². The Kier molecular flexibility index (Phi) is 4.88. The molecule has 0 aromatic carbocycles. The molecule has 112 valence electrons. The highest BCUT2D eigenvalue weighted by Gasteiger charge is 2.30. The normalized spacial score (nSPS) is 19.4. The molecule has 0 N–H and O–H groups in total. The first-order valence-electron chi connectivity index (χ1n) is 6.53. The van der Waals surface area contributed by atoms with E-state index >= 15 is 0 Å². The highest BCUT2D eigenvalue weighted by Crippen LogP contribution is 2.21. The number of thiazole rings is 1. The number of rotatable bonds is 3. The SMILES string of the molecule is CC(C)(C)OC(=O)N1CC[C@@H](OCc2cnc(Cl)s2)C1. The molecule has 1 saturated heterocycles. The Morgan fingerprint density at radius 1 is 1.60 bits per heavy atom. The van der Waals surface area contributed by atoms with Crippen LogP contribution < -0.4 is 0 Å². The number of ether oxygens (including phenoxy) is 2. The summed E-state index contributed by atoms with van der Waals surface area (Å²) in [5.41, 5.74) is -0.463. The van der Waals surface area contributed by atoms with E-state index in [1.54, 1.807) is 11.1 Å². The highest BCUT2D eigenvalue weighted by molar-refractivity contribution is 7.15. The molecule has 1 atom stereocenters. The van der Waals surface area contributed by atoms with Crippen LogP contribution in [0.5, 0.6) is 0 Å². The first kappa shape index (κ1) is 15.5. The fourth-order valence-electron chi connectivity index (χ4n) is 1.91. The molecule has 20 heavy (non-hydrogen) atoms. The summed E-state index contributed by atoms with van der Waals surface area (Å²) >= 11 is 7.17. The van der Waals surface area contributed by atoms with Crippen LogP contribution in [-0.4, -0.2) is 40.8 Å². The van der Waals surface area contributed by atoms with Crippen LogP contribution in [-0.2, 0) is 16.1 Å². The zero-order valence-corrected chi connectivity index (χ0v) is 13.5. The summed E-state index contributed by atoms with van der Waals surface area (Å²) in [4.78, 5) is 18.6. The van der Waals surface area contributed by atoms with Crippen molar-refractivity contribution in [2.24, 2.45) is 0 Å². The smallest absolute Gasteiger partial charge is 0.410 e. The van der Waals surface area contributed by atoms with Gasteiger partial charge in [0.05, 0.1) is 24.1 Å². The molecule has 0 spiro atoms. The van der Waals surface area contributed by atoms with Gasteiger partial charge in [-0.05, 0) is 27.2 Å². The summed E-state index contributed by atoms with van der Waals surface area (Å²) in [6.45, 7) is 7.31. The summed E-state index contributed by atoms with van der Waals surface area (Å²) in [6.07, 6.45) is 2.31. The van der Waals surface area contributed by atoms with Crippen molar-refractivity contribution in [1.82, 2.24) is 9.88 Å². The minimum Gasteiger partial charge on any atom is -0.444 e. The van der Waals surface area contributed by atoms with Crippen molar-refractivity contribution in [3.8, 4) is 0 Å². The molecule has 0 aliphatic carbocycles. The van der Waals surface area contributed by atoms with E-state index in [1.807, 2.05) is 20.8 Å². The van der Waals surface area contributed by atoms with Gasteiger partial charge in [0.2, 0.25) is 0 Å². The Balaban J connectivity index is 1.76. The minimum atomic E-state index is -0.463. The van der Waals surface area contributed by atoms with Crippen molar-refractivity contribution in [1.29, 1.82) is 0 Å². The monoisotopic (exact) mass is 318 g/mol. The molecule has 1 aliphatic heterocycles. The van der Waals surface area contributed by atoms with Gasteiger partial charge < -0.3 is 14.4 Å². The standard InChI is InChI=1S/C13H19ClN2O3S/c1-13(2,3)19-12(17)16-5-4-9(7-16)18-8-10-6-15-11(14)20-10/h6,9H,4-5,7-8H2,1-3H3/t9-/m1/s1. The van der Waals surface area contributed by atoms with Gasteiger partial charge in [-0.1, -0.05) is 11.6 Å². The average molecular weight is 319 g/mol.